The summed E-state index contributed by atoms with van der Waals surface area (Å²) >= 11 is 0. The van der Waals surface area contributed by atoms with E-state index in [0.29, 0.717) is 18.8 Å². The van der Waals surface area contributed by atoms with Crippen LogP contribution in [0.2, 0.25) is 0 Å². The summed E-state index contributed by atoms with van der Waals surface area (Å²) in [5.74, 6) is 1.29. The van der Waals surface area contributed by atoms with Crippen LogP contribution in [-0.2, 0) is 11.3 Å². The number of nitrogens with zero attached hydrogens (tertiary/aromatic N) is 2. The first-order valence-corrected chi connectivity index (χ1v) is 8.71. The number of ether oxygens (including phenoxy) is 2. The maximum absolute atomic E-state index is 12.0. The highest BCUT2D eigenvalue weighted by molar-refractivity contribution is 6.01. The van der Waals surface area contributed by atoms with E-state index in [-0.39, 0.29) is 12.0 Å². The molecule has 0 aliphatic carbocycles. The van der Waals surface area contributed by atoms with Crippen molar-refractivity contribution in [1.29, 1.82) is 0 Å². The van der Waals surface area contributed by atoms with E-state index in [1.165, 1.54) is 6.08 Å². The van der Waals surface area contributed by atoms with Crippen LogP contribution in [0.15, 0.2) is 73.1 Å². The Morgan fingerprint density at radius 3 is 2.78 bits per heavy atom. The van der Waals surface area contributed by atoms with Crippen LogP contribution in [0.1, 0.15) is 5.56 Å². The maximum atomic E-state index is 12.0. The summed E-state index contributed by atoms with van der Waals surface area (Å²) in [7, 11) is 0. The molecule has 1 unspecified atom stereocenters. The number of nitrogens with one attached hydrogen (secondary N) is 1. The van der Waals surface area contributed by atoms with Crippen molar-refractivity contribution in [2.75, 3.05) is 11.9 Å². The Balaban J connectivity index is 1.32. The monoisotopic (exact) mass is 361 g/mol. The summed E-state index contributed by atoms with van der Waals surface area (Å²) in [5.41, 5.74) is 1.60. The second-order valence-corrected chi connectivity index (χ2v) is 6.18. The zero-order valence-corrected chi connectivity index (χ0v) is 14.6. The van der Waals surface area contributed by atoms with Gasteiger partial charge in [0, 0.05) is 12.3 Å². The van der Waals surface area contributed by atoms with Gasteiger partial charge in [0.05, 0.1) is 18.4 Å². The van der Waals surface area contributed by atoms with Gasteiger partial charge < -0.3 is 14.8 Å². The fourth-order valence-electron chi connectivity index (χ4n) is 2.81. The summed E-state index contributed by atoms with van der Waals surface area (Å²) in [4.78, 5) is 12.0. The van der Waals surface area contributed by atoms with Gasteiger partial charge >= 0.3 is 0 Å². The molecule has 1 N–H and O–H groups in total. The number of rotatable bonds is 5. The molecule has 0 bridgehead atoms. The van der Waals surface area contributed by atoms with Gasteiger partial charge in [-0.05, 0) is 23.8 Å². The Morgan fingerprint density at radius 1 is 1.15 bits per heavy atom. The van der Waals surface area contributed by atoms with Crippen LogP contribution in [-0.4, -0.2) is 28.4 Å². The molecule has 6 nitrogen and oxygen atoms in total. The molecule has 0 saturated heterocycles. The number of aromatic nitrogens is 2. The molecule has 1 atom stereocenters. The third-order valence-corrected chi connectivity index (χ3v) is 4.09. The minimum Gasteiger partial charge on any atom is -0.486 e. The number of benzene rings is 2. The molecule has 3 aromatic rings. The molecule has 136 valence electrons. The Bertz CT molecular complexity index is 950. The second-order valence-electron chi connectivity index (χ2n) is 6.18. The van der Waals surface area contributed by atoms with E-state index in [0.717, 1.165) is 17.1 Å². The van der Waals surface area contributed by atoms with Crippen LogP contribution in [0.3, 0.4) is 0 Å². The normalized spacial score (nSPS) is 15.6. The second kappa shape index (κ2) is 7.78. The zero-order chi connectivity index (χ0) is 18.5. The minimum atomic E-state index is -0.204. The Hall–Kier alpha value is -3.54. The fourth-order valence-corrected chi connectivity index (χ4v) is 2.81. The summed E-state index contributed by atoms with van der Waals surface area (Å²) in [6.45, 7) is 0.989. The first kappa shape index (κ1) is 16.9. The first-order valence-electron chi connectivity index (χ1n) is 8.71. The molecule has 2 aromatic carbocycles. The number of para-hydroxylation sites is 2. The number of fused-ring (bicyclic) bond motifs is 1. The highest BCUT2D eigenvalue weighted by Gasteiger charge is 2.21. The van der Waals surface area contributed by atoms with Gasteiger partial charge in [0.15, 0.2) is 17.6 Å². The summed E-state index contributed by atoms with van der Waals surface area (Å²) < 4.78 is 13.4. The third kappa shape index (κ3) is 4.36. The van der Waals surface area contributed by atoms with Crippen molar-refractivity contribution in [2.24, 2.45) is 0 Å². The van der Waals surface area contributed by atoms with Crippen molar-refractivity contribution in [1.82, 2.24) is 9.78 Å². The SMILES string of the molecule is O=C(/C=C/c1ccccc1)Nc1cnn(CC2COc3ccccc3O2)c1. The van der Waals surface area contributed by atoms with Gasteiger partial charge in [-0.3, -0.25) is 9.48 Å². The van der Waals surface area contributed by atoms with Gasteiger partial charge in [0.1, 0.15) is 6.61 Å². The molecule has 6 heteroatoms. The molecule has 0 fully saturated rings. The van der Waals surface area contributed by atoms with Gasteiger partial charge in [0.2, 0.25) is 5.91 Å². The molecule has 4 rings (SSSR count). The molecule has 1 aromatic heterocycles. The number of carbonyl (C=O) groups is 1. The average molecular weight is 361 g/mol. The molecular formula is C21H19N3O3. The molecule has 1 aliphatic heterocycles. The van der Waals surface area contributed by atoms with E-state index >= 15 is 0 Å². The standard InChI is InChI=1S/C21H19N3O3/c25-21(11-10-16-6-2-1-3-7-16)23-17-12-22-24(13-17)14-18-15-26-19-8-4-5-9-20(19)27-18/h1-13,18H,14-15H2,(H,23,25)/b11-10+. The van der Waals surface area contributed by atoms with Crippen LogP contribution in [0.4, 0.5) is 5.69 Å². The molecule has 0 saturated carbocycles. The Morgan fingerprint density at radius 2 is 1.93 bits per heavy atom. The van der Waals surface area contributed by atoms with Crippen LogP contribution >= 0.6 is 0 Å². The largest absolute Gasteiger partial charge is 0.486 e. The Labute approximate surface area is 157 Å². The van der Waals surface area contributed by atoms with Crippen molar-refractivity contribution in [2.45, 2.75) is 12.6 Å². The highest BCUT2D eigenvalue weighted by Crippen LogP contribution is 2.31. The smallest absolute Gasteiger partial charge is 0.248 e. The quantitative estimate of drug-likeness (QED) is 0.708. The predicted molar refractivity (Wildman–Crippen MR) is 103 cm³/mol. The van der Waals surface area contributed by atoms with Crippen molar-refractivity contribution in [3.63, 3.8) is 0 Å². The van der Waals surface area contributed by atoms with E-state index in [9.17, 15) is 4.79 Å². The zero-order valence-electron chi connectivity index (χ0n) is 14.6. The minimum absolute atomic E-state index is 0.138. The van der Waals surface area contributed by atoms with E-state index in [4.69, 9.17) is 9.47 Å². The molecular weight excluding hydrogens is 342 g/mol. The summed E-state index contributed by atoms with van der Waals surface area (Å²) in [6, 6.07) is 17.3. The number of amides is 1. The molecule has 2 heterocycles. The summed E-state index contributed by atoms with van der Waals surface area (Å²) in [5, 5.41) is 7.08. The van der Waals surface area contributed by atoms with Crippen molar-refractivity contribution in [3.05, 3.63) is 78.6 Å². The van der Waals surface area contributed by atoms with Crippen LogP contribution in [0.5, 0.6) is 11.5 Å². The lowest BCUT2D eigenvalue weighted by Crippen LogP contribution is -2.33. The maximum Gasteiger partial charge on any atom is 0.248 e. The number of hydrogen-bond donors (Lipinski definition) is 1. The number of anilines is 1. The first-order chi connectivity index (χ1) is 13.3. The lowest BCUT2D eigenvalue weighted by atomic mass is 10.2. The van der Waals surface area contributed by atoms with Crippen molar-refractivity contribution in [3.8, 4) is 11.5 Å². The van der Waals surface area contributed by atoms with E-state index < -0.39 is 0 Å². The molecule has 0 spiro atoms. The number of carbonyl (C=O) groups excluding carboxylic acids is 1. The van der Waals surface area contributed by atoms with Gasteiger partial charge in [0.25, 0.3) is 0 Å². The fraction of sp³-hybridized carbons (Fsp3) is 0.143. The Kier molecular flexibility index (Phi) is 4.87. The summed E-state index contributed by atoms with van der Waals surface area (Å²) in [6.07, 6.45) is 6.53. The molecule has 0 radical (unpaired) electrons. The van der Waals surface area contributed by atoms with Crippen LogP contribution in [0, 0.1) is 0 Å². The van der Waals surface area contributed by atoms with Gasteiger partial charge in [-0.2, -0.15) is 5.10 Å². The number of hydrogen-bond acceptors (Lipinski definition) is 4. The van der Waals surface area contributed by atoms with Crippen LogP contribution in [0.25, 0.3) is 6.08 Å². The van der Waals surface area contributed by atoms with E-state index in [2.05, 4.69) is 10.4 Å². The van der Waals surface area contributed by atoms with E-state index in [1.54, 1.807) is 23.2 Å². The van der Waals surface area contributed by atoms with Gasteiger partial charge in [-0.15, -0.1) is 0 Å². The highest BCUT2D eigenvalue weighted by atomic mass is 16.6. The van der Waals surface area contributed by atoms with Gasteiger partial charge in [-0.25, -0.2) is 0 Å². The lowest BCUT2D eigenvalue weighted by Gasteiger charge is -2.26. The third-order valence-electron chi connectivity index (χ3n) is 4.09. The van der Waals surface area contributed by atoms with Crippen molar-refractivity contribution >= 4 is 17.7 Å². The van der Waals surface area contributed by atoms with Crippen molar-refractivity contribution < 1.29 is 14.3 Å². The van der Waals surface area contributed by atoms with E-state index in [1.807, 2.05) is 54.6 Å². The predicted octanol–water partition coefficient (Wildman–Crippen LogP) is 3.38. The molecule has 1 amide bonds. The topological polar surface area (TPSA) is 65.4 Å². The average Bonchev–Trinajstić information content (AvgIpc) is 3.14. The lowest BCUT2D eigenvalue weighted by molar-refractivity contribution is -0.111. The van der Waals surface area contributed by atoms with Crippen LogP contribution < -0.4 is 14.8 Å². The molecule has 27 heavy (non-hydrogen) atoms. The molecule has 1 aliphatic rings. The van der Waals surface area contributed by atoms with Gasteiger partial charge in [-0.1, -0.05) is 42.5 Å².